The molecule has 0 saturated heterocycles. The third kappa shape index (κ3) is 6.03. The van der Waals surface area contributed by atoms with Gasteiger partial charge in [0.05, 0.1) is 4.92 Å². The molecule has 0 saturated carbocycles. The van der Waals surface area contributed by atoms with Gasteiger partial charge in [-0.2, -0.15) is 0 Å². The first-order chi connectivity index (χ1) is 13.7. The lowest BCUT2D eigenvalue weighted by molar-refractivity contribution is -0.384. The summed E-state index contributed by atoms with van der Waals surface area (Å²) >= 11 is 0. The molecule has 2 aromatic carbocycles. The highest BCUT2D eigenvalue weighted by Crippen LogP contribution is 2.27. The molecule has 0 bridgehead atoms. The average Bonchev–Trinajstić information content (AvgIpc) is 2.66. The van der Waals surface area contributed by atoms with Crippen LogP contribution in [0.4, 0.5) is 11.4 Å². The van der Waals surface area contributed by atoms with Crippen molar-refractivity contribution in [2.24, 2.45) is 0 Å². The van der Waals surface area contributed by atoms with Gasteiger partial charge in [0.15, 0.2) is 13.2 Å². The number of amides is 1. The van der Waals surface area contributed by atoms with Crippen molar-refractivity contribution >= 4 is 23.3 Å². The average molecular weight is 400 g/mol. The van der Waals surface area contributed by atoms with E-state index in [-0.39, 0.29) is 18.0 Å². The maximum Gasteiger partial charge on any atom is 0.344 e. The fraction of sp³-hybridized carbons (Fsp3) is 0.333. The lowest BCUT2D eigenvalue weighted by Crippen LogP contribution is -2.24. The number of para-hydroxylation sites is 1. The summed E-state index contributed by atoms with van der Waals surface area (Å²) in [6.45, 7) is 6.70. The number of esters is 1. The van der Waals surface area contributed by atoms with Crippen molar-refractivity contribution in [3.8, 4) is 5.75 Å². The second-order valence-electron chi connectivity index (χ2n) is 6.90. The van der Waals surface area contributed by atoms with Gasteiger partial charge >= 0.3 is 5.97 Å². The Labute approximate surface area is 169 Å². The zero-order chi connectivity index (χ0) is 21.6. The van der Waals surface area contributed by atoms with Crippen LogP contribution in [-0.2, 0) is 14.3 Å². The molecule has 154 valence electrons. The topological polar surface area (TPSA) is 108 Å². The highest BCUT2D eigenvalue weighted by atomic mass is 16.6. The Kier molecular flexibility index (Phi) is 7.30. The number of carbonyl (C=O) groups is 2. The van der Waals surface area contributed by atoms with Crippen LogP contribution < -0.4 is 10.1 Å². The summed E-state index contributed by atoms with van der Waals surface area (Å²) in [7, 11) is 0. The number of anilines is 1. The first-order valence-electron chi connectivity index (χ1n) is 9.12. The lowest BCUT2D eigenvalue weighted by Gasteiger charge is -2.13. The quantitative estimate of drug-likeness (QED) is 0.409. The van der Waals surface area contributed by atoms with E-state index in [9.17, 15) is 19.7 Å². The molecule has 29 heavy (non-hydrogen) atoms. The number of benzene rings is 2. The molecule has 0 unspecified atom stereocenters. The predicted octanol–water partition coefficient (Wildman–Crippen LogP) is 3.90. The Morgan fingerprint density at radius 1 is 1.10 bits per heavy atom. The molecule has 8 nitrogen and oxygen atoms in total. The number of carbonyl (C=O) groups excluding carboxylic acids is 2. The standard InChI is InChI=1S/C21H24N2O6/c1-13(2)16-9-8-14(3)18(10-16)28-12-20(25)29-11-19(24)22-21-15(4)6-5-7-17(21)23(26)27/h5-10,13H,11-12H2,1-4H3,(H,22,24). The lowest BCUT2D eigenvalue weighted by atomic mass is 10.0. The van der Waals surface area contributed by atoms with Crippen LogP contribution in [0.1, 0.15) is 36.5 Å². The van der Waals surface area contributed by atoms with Gasteiger partial charge in [0, 0.05) is 6.07 Å². The Hall–Kier alpha value is -3.42. The van der Waals surface area contributed by atoms with Gasteiger partial charge in [-0.25, -0.2) is 4.79 Å². The van der Waals surface area contributed by atoms with Crippen molar-refractivity contribution < 1.29 is 24.0 Å². The van der Waals surface area contributed by atoms with Gasteiger partial charge in [-0.05, 0) is 42.5 Å². The molecule has 0 radical (unpaired) electrons. The fourth-order valence-corrected chi connectivity index (χ4v) is 2.60. The Balaban J connectivity index is 1.90. The smallest absolute Gasteiger partial charge is 0.344 e. The number of nitro benzene ring substituents is 1. The van der Waals surface area contributed by atoms with Crippen molar-refractivity contribution in [2.75, 3.05) is 18.5 Å². The van der Waals surface area contributed by atoms with E-state index in [1.165, 1.54) is 12.1 Å². The molecule has 1 amide bonds. The van der Waals surface area contributed by atoms with Gasteiger partial charge in [0.2, 0.25) is 0 Å². The Morgan fingerprint density at radius 3 is 2.48 bits per heavy atom. The second kappa shape index (κ2) is 9.68. The Morgan fingerprint density at radius 2 is 1.83 bits per heavy atom. The summed E-state index contributed by atoms with van der Waals surface area (Å²) in [5, 5.41) is 13.5. The van der Waals surface area contributed by atoms with Gasteiger partial charge in [-0.15, -0.1) is 0 Å². The number of nitrogens with zero attached hydrogens (tertiary/aromatic N) is 1. The van der Waals surface area contributed by atoms with Gasteiger partial charge in [-0.3, -0.25) is 14.9 Å². The van der Waals surface area contributed by atoms with E-state index in [0.29, 0.717) is 17.2 Å². The summed E-state index contributed by atoms with van der Waals surface area (Å²) in [6.07, 6.45) is 0. The summed E-state index contributed by atoms with van der Waals surface area (Å²) < 4.78 is 10.4. The highest BCUT2D eigenvalue weighted by Gasteiger charge is 2.18. The SMILES string of the molecule is Cc1ccc(C(C)C)cc1OCC(=O)OCC(=O)Nc1c(C)cccc1[N+](=O)[O-]. The summed E-state index contributed by atoms with van der Waals surface area (Å²) in [4.78, 5) is 34.5. The molecule has 0 atom stereocenters. The van der Waals surface area contributed by atoms with E-state index in [1.54, 1.807) is 13.0 Å². The number of ether oxygens (including phenoxy) is 2. The number of hydrogen-bond acceptors (Lipinski definition) is 6. The van der Waals surface area contributed by atoms with Gasteiger partial charge < -0.3 is 14.8 Å². The maximum absolute atomic E-state index is 12.0. The van der Waals surface area contributed by atoms with E-state index in [4.69, 9.17) is 9.47 Å². The minimum absolute atomic E-state index is 0.0796. The zero-order valence-electron chi connectivity index (χ0n) is 16.9. The third-order valence-electron chi connectivity index (χ3n) is 4.30. The number of aryl methyl sites for hydroxylation is 2. The second-order valence-corrected chi connectivity index (χ2v) is 6.90. The van der Waals surface area contributed by atoms with Crippen LogP contribution in [0.15, 0.2) is 36.4 Å². The molecule has 2 aromatic rings. The molecule has 0 heterocycles. The number of rotatable bonds is 8. The maximum atomic E-state index is 12.0. The molecule has 0 spiro atoms. The molecule has 0 fully saturated rings. The molecule has 1 N–H and O–H groups in total. The molecule has 0 aliphatic rings. The van der Waals surface area contributed by atoms with Crippen molar-refractivity contribution in [3.05, 3.63) is 63.2 Å². The molecular formula is C21H24N2O6. The highest BCUT2D eigenvalue weighted by molar-refractivity contribution is 5.95. The van der Waals surface area contributed by atoms with Crippen molar-refractivity contribution in [1.29, 1.82) is 0 Å². The van der Waals surface area contributed by atoms with Crippen molar-refractivity contribution in [2.45, 2.75) is 33.6 Å². The first kappa shape index (κ1) is 21.9. The normalized spacial score (nSPS) is 10.5. The molecule has 0 aromatic heterocycles. The fourth-order valence-electron chi connectivity index (χ4n) is 2.60. The number of nitrogens with one attached hydrogen (secondary N) is 1. The molecule has 2 rings (SSSR count). The van der Waals surface area contributed by atoms with Gasteiger partial charge in [0.25, 0.3) is 11.6 Å². The van der Waals surface area contributed by atoms with Crippen LogP contribution in [0.5, 0.6) is 5.75 Å². The predicted molar refractivity (Wildman–Crippen MR) is 108 cm³/mol. The monoisotopic (exact) mass is 400 g/mol. The minimum atomic E-state index is -0.714. The summed E-state index contributed by atoms with van der Waals surface area (Å²) in [5.41, 5.74) is 2.34. The molecule has 8 heteroatoms. The van der Waals surface area contributed by atoms with E-state index < -0.39 is 23.4 Å². The van der Waals surface area contributed by atoms with Crippen LogP contribution in [0.3, 0.4) is 0 Å². The summed E-state index contributed by atoms with van der Waals surface area (Å²) in [5.74, 6) is -0.491. The number of hydrogen-bond donors (Lipinski definition) is 1. The van der Waals surface area contributed by atoms with E-state index in [2.05, 4.69) is 19.2 Å². The van der Waals surface area contributed by atoms with Gasteiger partial charge in [0.1, 0.15) is 11.4 Å². The minimum Gasteiger partial charge on any atom is -0.482 e. The van der Waals surface area contributed by atoms with Gasteiger partial charge in [-0.1, -0.05) is 38.1 Å². The van der Waals surface area contributed by atoms with Crippen LogP contribution in [0, 0.1) is 24.0 Å². The van der Waals surface area contributed by atoms with Crippen LogP contribution in [-0.4, -0.2) is 30.0 Å². The molecule has 0 aliphatic heterocycles. The number of nitro groups is 1. The molecule has 0 aliphatic carbocycles. The largest absolute Gasteiger partial charge is 0.482 e. The van der Waals surface area contributed by atoms with Crippen LogP contribution in [0.25, 0.3) is 0 Å². The third-order valence-corrected chi connectivity index (χ3v) is 4.30. The summed E-state index contributed by atoms with van der Waals surface area (Å²) in [6, 6.07) is 10.2. The van der Waals surface area contributed by atoms with E-state index in [1.807, 2.05) is 25.1 Å². The zero-order valence-corrected chi connectivity index (χ0v) is 16.9. The van der Waals surface area contributed by atoms with E-state index in [0.717, 1.165) is 11.1 Å². The first-order valence-corrected chi connectivity index (χ1v) is 9.12. The van der Waals surface area contributed by atoms with Crippen LogP contribution in [0.2, 0.25) is 0 Å². The van der Waals surface area contributed by atoms with E-state index >= 15 is 0 Å². The Bertz CT molecular complexity index is 923. The molecular weight excluding hydrogens is 376 g/mol. The van der Waals surface area contributed by atoms with Crippen molar-refractivity contribution in [1.82, 2.24) is 0 Å². The van der Waals surface area contributed by atoms with Crippen molar-refractivity contribution in [3.63, 3.8) is 0 Å². The van der Waals surface area contributed by atoms with Crippen LogP contribution >= 0.6 is 0 Å².